The van der Waals surface area contributed by atoms with Crippen molar-refractivity contribution < 1.29 is 19.1 Å². The Morgan fingerprint density at radius 2 is 2.29 bits per heavy atom. The molecule has 0 bridgehead atoms. The maximum atomic E-state index is 11.3. The fourth-order valence-corrected chi connectivity index (χ4v) is 2.64. The van der Waals surface area contributed by atoms with E-state index in [-0.39, 0.29) is 11.6 Å². The monoisotopic (exact) mass is 290 g/mol. The molecule has 1 N–H and O–H groups in total. The lowest BCUT2D eigenvalue weighted by Gasteiger charge is -2.36. The molecule has 1 aliphatic rings. The second kappa shape index (κ2) is 5.37. The molecule has 1 aromatic heterocycles. The largest absolute Gasteiger partial charge is 0.478 e. The van der Waals surface area contributed by atoms with Crippen LogP contribution in [0.4, 0.5) is 6.01 Å². The van der Waals surface area contributed by atoms with Crippen LogP contribution in [-0.2, 0) is 4.74 Å². The van der Waals surface area contributed by atoms with Crippen molar-refractivity contribution in [3.05, 3.63) is 23.8 Å². The number of ether oxygens (including phenoxy) is 1. The summed E-state index contributed by atoms with van der Waals surface area (Å²) in [4.78, 5) is 17.7. The summed E-state index contributed by atoms with van der Waals surface area (Å²) < 4.78 is 11.3. The number of carboxylic acid groups (broad SMARTS) is 1. The lowest BCUT2D eigenvalue weighted by molar-refractivity contribution is 0.0698. The minimum atomic E-state index is -0.997. The van der Waals surface area contributed by atoms with Crippen molar-refractivity contribution in [3.63, 3.8) is 0 Å². The molecule has 1 saturated heterocycles. The van der Waals surface area contributed by atoms with Crippen LogP contribution < -0.4 is 4.90 Å². The molecule has 1 aliphatic heterocycles. The molecule has 1 fully saturated rings. The number of aromatic nitrogens is 1. The zero-order valence-corrected chi connectivity index (χ0v) is 12.1. The summed E-state index contributed by atoms with van der Waals surface area (Å²) in [6.45, 7) is 6.18. The molecule has 0 aliphatic carbocycles. The van der Waals surface area contributed by atoms with Gasteiger partial charge in [-0.2, -0.15) is 4.98 Å². The Morgan fingerprint density at radius 3 is 3.00 bits per heavy atom. The molecule has 6 heteroatoms. The van der Waals surface area contributed by atoms with Gasteiger partial charge >= 0.3 is 5.97 Å². The molecule has 0 amide bonds. The average molecular weight is 290 g/mol. The number of morpholine rings is 1. The summed E-state index contributed by atoms with van der Waals surface area (Å²) in [5, 5.41) is 9.23. The highest BCUT2D eigenvalue weighted by Gasteiger charge is 2.29. The average Bonchev–Trinajstić information content (AvgIpc) is 2.90. The van der Waals surface area contributed by atoms with Gasteiger partial charge in [0, 0.05) is 6.54 Å². The van der Waals surface area contributed by atoms with Gasteiger partial charge in [0.25, 0.3) is 6.01 Å². The number of benzene rings is 1. The number of hydrogen-bond donors (Lipinski definition) is 1. The minimum Gasteiger partial charge on any atom is -0.478 e. The molecule has 1 aromatic carbocycles. The molecule has 1 atom stereocenters. The first-order valence-electron chi connectivity index (χ1n) is 7.05. The van der Waals surface area contributed by atoms with E-state index in [1.807, 2.05) is 0 Å². The fraction of sp³-hybridized carbons (Fsp3) is 0.467. The quantitative estimate of drug-likeness (QED) is 0.935. The van der Waals surface area contributed by atoms with Crippen molar-refractivity contribution in [1.29, 1.82) is 0 Å². The molecular formula is C15H18N2O4. The number of carboxylic acids is 1. The van der Waals surface area contributed by atoms with Gasteiger partial charge in [-0.1, -0.05) is 19.9 Å². The van der Waals surface area contributed by atoms with E-state index in [0.717, 1.165) is 0 Å². The third kappa shape index (κ3) is 2.47. The Hall–Kier alpha value is -2.08. The summed E-state index contributed by atoms with van der Waals surface area (Å²) in [6, 6.07) is 5.60. The first kappa shape index (κ1) is 13.9. The zero-order valence-electron chi connectivity index (χ0n) is 12.1. The van der Waals surface area contributed by atoms with Crippen LogP contribution in [0.2, 0.25) is 0 Å². The van der Waals surface area contributed by atoms with Crippen molar-refractivity contribution >= 4 is 23.1 Å². The molecule has 21 heavy (non-hydrogen) atoms. The molecule has 0 radical (unpaired) electrons. The van der Waals surface area contributed by atoms with Gasteiger partial charge in [-0.3, -0.25) is 0 Å². The molecule has 0 spiro atoms. The molecule has 2 heterocycles. The van der Waals surface area contributed by atoms with Crippen molar-refractivity contribution in [2.24, 2.45) is 5.92 Å². The number of para-hydroxylation sites is 1. The number of fused-ring (bicyclic) bond motifs is 1. The topological polar surface area (TPSA) is 75.8 Å². The van der Waals surface area contributed by atoms with E-state index in [4.69, 9.17) is 9.15 Å². The van der Waals surface area contributed by atoms with Gasteiger partial charge < -0.3 is 19.2 Å². The van der Waals surface area contributed by atoms with Crippen LogP contribution in [0.3, 0.4) is 0 Å². The molecule has 1 unspecified atom stereocenters. The maximum Gasteiger partial charge on any atom is 0.338 e. The highest BCUT2D eigenvalue weighted by Crippen LogP contribution is 2.28. The Balaban J connectivity index is 2.04. The van der Waals surface area contributed by atoms with Crippen molar-refractivity contribution in [3.8, 4) is 0 Å². The Bertz CT molecular complexity index is 665. The van der Waals surface area contributed by atoms with E-state index < -0.39 is 5.97 Å². The van der Waals surface area contributed by atoms with E-state index in [9.17, 15) is 9.90 Å². The van der Waals surface area contributed by atoms with Crippen LogP contribution >= 0.6 is 0 Å². The highest BCUT2D eigenvalue weighted by molar-refractivity contribution is 6.00. The van der Waals surface area contributed by atoms with E-state index in [2.05, 4.69) is 23.7 Å². The minimum absolute atomic E-state index is 0.164. The van der Waals surface area contributed by atoms with Gasteiger partial charge in [0.15, 0.2) is 5.58 Å². The number of hydrogen-bond acceptors (Lipinski definition) is 5. The molecule has 0 saturated carbocycles. The van der Waals surface area contributed by atoms with E-state index in [0.29, 0.717) is 42.8 Å². The van der Waals surface area contributed by atoms with Gasteiger partial charge in [-0.05, 0) is 18.1 Å². The standard InChI is InChI=1S/C15H18N2O4/c1-9(2)11-8-20-7-6-17(11)15-16-13-10(14(18)19)4-3-5-12(13)21-15/h3-5,9,11H,6-8H2,1-2H3,(H,18,19). The van der Waals surface area contributed by atoms with Crippen molar-refractivity contribution in [2.75, 3.05) is 24.7 Å². The van der Waals surface area contributed by atoms with E-state index >= 15 is 0 Å². The number of rotatable bonds is 3. The second-order valence-corrected chi connectivity index (χ2v) is 5.53. The van der Waals surface area contributed by atoms with Gasteiger partial charge in [0.05, 0.1) is 24.8 Å². The number of carbonyl (C=O) groups is 1. The van der Waals surface area contributed by atoms with Crippen LogP contribution in [0, 0.1) is 5.92 Å². The van der Waals surface area contributed by atoms with Gasteiger partial charge in [0.1, 0.15) is 5.52 Å². The predicted molar refractivity (Wildman–Crippen MR) is 77.8 cm³/mol. The highest BCUT2D eigenvalue weighted by atomic mass is 16.5. The fourth-order valence-electron chi connectivity index (χ4n) is 2.64. The molecule has 3 rings (SSSR count). The number of oxazole rings is 1. The van der Waals surface area contributed by atoms with E-state index in [1.165, 1.54) is 6.07 Å². The van der Waals surface area contributed by atoms with E-state index in [1.54, 1.807) is 12.1 Å². The van der Waals surface area contributed by atoms with Gasteiger partial charge in [-0.15, -0.1) is 0 Å². The van der Waals surface area contributed by atoms with Gasteiger partial charge in [-0.25, -0.2) is 4.79 Å². The number of nitrogens with zero attached hydrogens (tertiary/aromatic N) is 2. The summed E-state index contributed by atoms with van der Waals surface area (Å²) in [5.74, 6) is -0.609. The van der Waals surface area contributed by atoms with Crippen molar-refractivity contribution in [1.82, 2.24) is 4.98 Å². The molecular weight excluding hydrogens is 272 g/mol. The summed E-state index contributed by atoms with van der Waals surface area (Å²) in [7, 11) is 0. The maximum absolute atomic E-state index is 11.3. The Morgan fingerprint density at radius 1 is 1.48 bits per heavy atom. The van der Waals surface area contributed by atoms with Crippen molar-refractivity contribution in [2.45, 2.75) is 19.9 Å². The first-order valence-corrected chi connectivity index (χ1v) is 7.05. The van der Waals surface area contributed by atoms with Crippen LogP contribution in [0.1, 0.15) is 24.2 Å². The summed E-state index contributed by atoms with van der Waals surface area (Å²) in [5.41, 5.74) is 1.06. The smallest absolute Gasteiger partial charge is 0.338 e. The van der Waals surface area contributed by atoms with Crippen LogP contribution in [0.15, 0.2) is 22.6 Å². The second-order valence-electron chi connectivity index (χ2n) is 5.53. The van der Waals surface area contributed by atoms with Crippen LogP contribution in [0.25, 0.3) is 11.1 Å². The Kier molecular flexibility index (Phi) is 3.55. The predicted octanol–water partition coefficient (Wildman–Crippen LogP) is 2.39. The lowest BCUT2D eigenvalue weighted by Crippen LogP contribution is -2.48. The molecule has 2 aromatic rings. The summed E-state index contributed by atoms with van der Waals surface area (Å²) in [6.07, 6.45) is 0. The Labute approximate surface area is 122 Å². The normalized spacial score (nSPS) is 19.4. The summed E-state index contributed by atoms with van der Waals surface area (Å²) >= 11 is 0. The number of aromatic carboxylic acids is 1. The zero-order chi connectivity index (χ0) is 15.0. The number of anilines is 1. The SMILES string of the molecule is CC(C)C1COCCN1c1nc2c(C(=O)O)cccc2o1. The molecule has 112 valence electrons. The van der Waals surface area contributed by atoms with Crippen LogP contribution in [-0.4, -0.2) is 41.9 Å². The van der Waals surface area contributed by atoms with Gasteiger partial charge in [0.2, 0.25) is 0 Å². The molecule has 6 nitrogen and oxygen atoms in total. The lowest BCUT2D eigenvalue weighted by atomic mass is 10.0. The first-order chi connectivity index (χ1) is 10.1. The van der Waals surface area contributed by atoms with Crippen LogP contribution in [0.5, 0.6) is 0 Å². The third-order valence-corrected chi connectivity index (χ3v) is 3.82. The third-order valence-electron chi connectivity index (χ3n) is 3.82.